The Kier molecular flexibility index (Phi) is 3.42. The smallest absolute Gasteiger partial charge is 0.0344 e. The molecule has 14 heavy (non-hydrogen) atoms. The van der Waals surface area contributed by atoms with Crippen LogP contribution in [-0.2, 0) is 0 Å². The molecule has 0 bridgehead atoms. The molecule has 3 nitrogen and oxygen atoms in total. The van der Waals surface area contributed by atoms with Crippen LogP contribution in [0, 0.1) is 5.92 Å². The lowest BCUT2D eigenvalue weighted by atomic mass is 9.95. The second-order valence-electron chi connectivity index (χ2n) is 5.03. The fourth-order valence-corrected chi connectivity index (χ4v) is 2.45. The molecule has 82 valence electrons. The lowest BCUT2D eigenvalue weighted by Gasteiger charge is -2.44. The van der Waals surface area contributed by atoms with Gasteiger partial charge in [0.1, 0.15) is 0 Å². The molecular formula is C11H23N3. The van der Waals surface area contributed by atoms with Gasteiger partial charge in [-0.1, -0.05) is 0 Å². The molecule has 2 aliphatic heterocycles. The van der Waals surface area contributed by atoms with Crippen molar-refractivity contribution in [3.05, 3.63) is 0 Å². The van der Waals surface area contributed by atoms with Gasteiger partial charge in [0.25, 0.3) is 0 Å². The van der Waals surface area contributed by atoms with Gasteiger partial charge in [-0.05, 0) is 45.9 Å². The van der Waals surface area contributed by atoms with Crippen molar-refractivity contribution in [2.24, 2.45) is 5.92 Å². The Morgan fingerprint density at radius 2 is 1.86 bits per heavy atom. The van der Waals surface area contributed by atoms with Crippen molar-refractivity contribution < 1.29 is 0 Å². The van der Waals surface area contributed by atoms with E-state index in [4.69, 9.17) is 0 Å². The Hall–Kier alpha value is -0.120. The molecule has 0 aromatic carbocycles. The molecule has 0 spiro atoms. The quantitative estimate of drug-likeness (QED) is 0.699. The van der Waals surface area contributed by atoms with Crippen molar-refractivity contribution in [1.82, 2.24) is 15.1 Å². The zero-order chi connectivity index (χ0) is 9.97. The predicted molar refractivity (Wildman–Crippen MR) is 59.5 cm³/mol. The van der Waals surface area contributed by atoms with Gasteiger partial charge in [0.2, 0.25) is 0 Å². The molecule has 1 N–H and O–H groups in total. The number of likely N-dealkylation sites (tertiary alicyclic amines) is 1. The zero-order valence-electron chi connectivity index (χ0n) is 9.50. The molecule has 2 aliphatic rings. The monoisotopic (exact) mass is 197 g/mol. The van der Waals surface area contributed by atoms with Crippen LogP contribution in [0.15, 0.2) is 0 Å². The van der Waals surface area contributed by atoms with Crippen molar-refractivity contribution in [1.29, 1.82) is 0 Å². The molecule has 0 saturated carbocycles. The summed E-state index contributed by atoms with van der Waals surface area (Å²) in [6.07, 6.45) is 2.76. The average Bonchev–Trinajstić information content (AvgIpc) is 2.12. The van der Waals surface area contributed by atoms with E-state index in [1.807, 2.05) is 0 Å². The van der Waals surface area contributed by atoms with E-state index in [1.165, 1.54) is 45.6 Å². The van der Waals surface area contributed by atoms with Gasteiger partial charge >= 0.3 is 0 Å². The number of piperidine rings is 1. The summed E-state index contributed by atoms with van der Waals surface area (Å²) >= 11 is 0. The average molecular weight is 197 g/mol. The topological polar surface area (TPSA) is 18.5 Å². The van der Waals surface area contributed by atoms with Crippen molar-refractivity contribution in [2.75, 3.05) is 46.8 Å². The second kappa shape index (κ2) is 4.60. The third kappa shape index (κ3) is 2.47. The molecule has 0 amide bonds. The Balaban J connectivity index is 1.63. The SMILES string of the molecule is CN(C)C1CN(CC2CCNCC2)C1. The summed E-state index contributed by atoms with van der Waals surface area (Å²) < 4.78 is 0. The number of likely N-dealkylation sites (N-methyl/N-ethyl adjacent to an activating group) is 1. The predicted octanol–water partition coefficient (Wildman–Crippen LogP) is 0.232. The van der Waals surface area contributed by atoms with Crippen LogP contribution in [-0.4, -0.2) is 62.7 Å². The van der Waals surface area contributed by atoms with E-state index < -0.39 is 0 Å². The summed E-state index contributed by atoms with van der Waals surface area (Å²) in [4.78, 5) is 4.96. The van der Waals surface area contributed by atoms with Crippen molar-refractivity contribution in [2.45, 2.75) is 18.9 Å². The van der Waals surface area contributed by atoms with E-state index in [0.717, 1.165) is 12.0 Å². The van der Waals surface area contributed by atoms with Crippen LogP contribution in [0.4, 0.5) is 0 Å². The van der Waals surface area contributed by atoms with E-state index in [-0.39, 0.29) is 0 Å². The Morgan fingerprint density at radius 1 is 1.21 bits per heavy atom. The van der Waals surface area contributed by atoms with Gasteiger partial charge in [-0.15, -0.1) is 0 Å². The van der Waals surface area contributed by atoms with Crippen LogP contribution in [0.2, 0.25) is 0 Å². The van der Waals surface area contributed by atoms with Crippen LogP contribution in [0.5, 0.6) is 0 Å². The summed E-state index contributed by atoms with van der Waals surface area (Å²) in [5, 5.41) is 3.42. The highest BCUT2D eigenvalue weighted by Gasteiger charge is 2.29. The van der Waals surface area contributed by atoms with Crippen molar-refractivity contribution in [3.63, 3.8) is 0 Å². The van der Waals surface area contributed by atoms with Gasteiger partial charge in [-0.2, -0.15) is 0 Å². The van der Waals surface area contributed by atoms with Gasteiger partial charge in [-0.3, -0.25) is 4.90 Å². The fourth-order valence-electron chi connectivity index (χ4n) is 2.45. The molecule has 3 heteroatoms. The Morgan fingerprint density at radius 3 is 2.43 bits per heavy atom. The molecule has 0 unspecified atom stereocenters. The maximum atomic E-state index is 3.42. The number of nitrogens with zero attached hydrogens (tertiary/aromatic N) is 2. The molecule has 2 rings (SSSR count). The van der Waals surface area contributed by atoms with E-state index >= 15 is 0 Å². The van der Waals surface area contributed by atoms with Gasteiger partial charge in [-0.25, -0.2) is 0 Å². The highest BCUT2D eigenvalue weighted by atomic mass is 15.3. The maximum Gasteiger partial charge on any atom is 0.0344 e. The molecule has 2 fully saturated rings. The number of hydrogen-bond donors (Lipinski definition) is 1. The number of hydrogen-bond acceptors (Lipinski definition) is 3. The molecule has 0 atom stereocenters. The van der Waals surface area contributed by atoms with Crippen LogP contribution in [0.3, 0.4) is 0 Å². The summed E-state index contributed by atoms with van der Waals surface area (Å²) in [5.74, 6) is 0.958. The summed E-state index contributed by atoms with van der Waals surface area (Å²) in [6, 6.07) is 0.816. The van der Waals surface area contributed by atoms with E-state index in [9.17, 15) is 0 Å². The van der Waals surface area contributed by atoms with Crippen molar-refractivity contribution in [3.8, 4) is 0 Å². The standard InChI is InChI=1S/C11H23N3/c1-13(2)11-8-14(9-11)7-10-3-5-12-6-4-10/h10-12H,3-9H2,1-2H3. The van der Waals surface area contributed by atoms with Gasteiger partial charge in [0.15, 0.2) is 0 Å². The van der Waals surface area contributed by atoms with Crippen molar-refractivity contribution >= 4 is 0 Å². The van der Waals surface area contributed by atoms with E-state index in [1.54, 1.807) is 0 Å². The number of nitrogens with one attached hydrogen (secondary N) is 1. The molecule has 0 aromatic rings. The zero-order valence-corrected chi connectivity index (χ0v) is 9.50. The normalized spacial score (nSPS) is 26.8. The Bertz CT molecular complexity index is 169. The second-order valence-corrected chi connectivity index (χ2v) is 5.03. The summed E-state index contributed by atoms with van der Waals surface area (Å²) in [7, 11) is 4.37. The lowest BCUT2D eigenvalue weighted by Crippen LogP contribution is -2.58. The molecule has 0 aliphatic carbocycles. The minimum absolute atomic E-state index is 0.816. The minimum Gasteiger partial charge on any atom is -0.317 e. The van der Waals surface area contributed by atoms with Gasteiger partial charge < -0.3 is 10.2 Å². The van der Waals surface area contributed by atoms with Crippen LogP contribution in [0.1, 0.15) is 12.8 Å². The third-order valence-corrected chi connectivity index (χ3v) is 3.64. The maximum absolute atomic E-state index is 3.42. The van der Waals surface area contributed by atoms with Crippen LogP contribution in [0.25, 0.3) is 0 Å². The third-order valence-electron chi connectivity index (χ3n) is 3.64. The first-order chi connectivity index (χ1) is 6.75. The lowest BCUT2D eigenvalue weighted by molar-refractivity contribution is 0.0460. The van der Waals surface area contributed by atoms with E-state index in [2.05, 4.69) is 29.2 Å². The first-order valence-electron chi connectivity index (χ1n) is 5.85. The Labute approximate surface area is 87.4 Å². The van der Waals surface area contributed by atoms with Crippen LogP contribution >= 0.6 is 0 Å². The molecule has 2 saturated heterocycles. The minimum atomic E-state index is 0.816. The van der Waals surface area contributed by atoms with Gasteiger partial charge in [0, 0.05) is 25.7 Å². The summed E-state index contributed by atoms with van der Waals surface area (Å²) in [5.41, 5.74) is 0. The van der Waals surface area contributed by atoms with Gasteiger partial charge in [0.05, 0.1) is 0 Å². The highest BCUT2D eigenvalue weighted by molar-refractivity contribution is 4.87. The highest BCUT2D eigenvalue weighted by Crippen LogP contribution is 2.19. The number of rotatable bonds is 3. The van der Waals surface area contributed by atoms with Crippen LogP contribution < -0.4 is 5.32 Å². The molecule has 0 radical (unpaired) electrons. The molecule has 0 aromatic heterocycles. The first-order valence-corrected chi connectivity index (χ1v) is 5.85. The molecule has 2 heterocycles. The summed E-state index contributed by atoms with van der Waals surface area (Å²) in [6.45, 7) is 6.38. The first kappa shape index (κ1) is 10.4. The molecular weight excluding hydrogens is 174 g/mol. The van der Waals surface area contributed by atoms with E-state index in [0.29, 0.717) is 0 Å². The fraction of sp³-hybridized carbons (Fsp3) is 1.00. The largest absolute Gasteiger partial charge is 0.317 e.